The third-order valence-electron chi connectivity index (χ3n) is 6.21. The number of nitrogens with one attached hydrogen (secondary N) is 1. The molecular formula is C29H26N2O3. The van der Waals surface area contributed by atoms with Crippen molar-refractivity contribution in [1.29, 1.82) is 0 Å². The number of rotatable bonds is 4. The molecule has 1 N–H and O–H groups in total. The molecule has 3 aromatic carbocycles. The molecule has 34 heavy (non-hydrogen) atoms. The predicted molar refractivity (Wildman–Crippen MR) is 133 cm³/mol. The summed E-state index contributed by atoms with van der Waals surface area (Å²) in [6.45, 7) is 5.06. The molecular weight excluding hydrogens is 424 g/mol. The van der Waals surface area contributed by atoms with Gasteiger partial charge in [0.05, 0.1) is 0 Å². The first kappa shape index (κ1) is 21.7. The van der Waals surface area contributed by atoms with Crippen molar-refractivity contribution in [3.05, 3.63) is 112 Å². The molecule has 0 atom stereocenters. The molecule has 2 heterocycles. The summed E-state index contributed by atoms with van der Waals surface area (Å²) >= 11 is 0. The van der Waals surface area contributed by atoms with E-state index in [2.05, 4.69) is 5.32 Å². The number of fused-ring (bicyclic) bond motifs is 1. The standard InChI is InChI=1S/C29H26N2O3/c1-19-7-5-10-22(15-19)29(33)31-14-13-26-23(18-31)17-27(34-26)21-9-6-11-24(16-21)30-28(32)25-12-4-3-8-20(25)2/h3-12,15-17H,13-14,18H2,1-2H3,(H,30,32). The smallest absolute Gasteiger partial charge is 0.255 e. The molecule has 5 heteroatoms. The molecule has 0 spiro atoms. The minimum absolute atomic E-state index is 0.0398. The van der Waals surface area contributed by atoms with Gasteiger partial charge in [-0.25, -0.2) is 0 Å². The highest BCUT2D eigenvalue weighted by atomic mass is 16.3. The molecule has 1 aliphatic rings. The Morgan fingerprint density at radius 2 is 1.74 bits per heavy atom. The van der Waals surface area contributed by atoms with Gasteiger partial charge in [0.15, 0.2) is 0 Å². The van der Waals surface area contributed by atoms with Crippen LogP contribution in [-0.4, -0.2) is 23.3 Å². The summed E-state index contributed by atoms with van der Waals surface area (Å²) < 4.78 is 6.16. The lowest BCUT2D eigenvalue weighted by atomic mass is 10.0. The second-order valence-corrected chi connectivity index (χ2v) is 8.76. The van der Waals surface area contributed by atoms with Gasteiger partial charge in [-0.05, 0) is 55.8 Å². The zero-order chi connectivity index (χ0) is 23.7. The number of carbonyl (C=O) groups is 2. The second-order valence-electron chi connectivity index (χ2n) is 8.76. The molecule has 0 aliphatic carbocycles. The SMILES string of the molecule is Cc1cccc(C(=O)N2CCc3oc(-c4cccc(NC(=O)c5ccccc5C)c4)cc3C2)c1. The molecule has 2 amide bonds. The van der Waals surface area contributed by atoms with E-state index in [-0.39, 0.29) is 11.8 Å². The normalized spacial score (nSPS) is 12.8. The van der Waals surface area contributed by atoms with Crippen molar-refractivity contribution in [2.24, 2.45) is 0 Å². The van der Waals surface area contributed by atoms with Crippen molar-refractivity contribution in [3.8, 4) is 11.3 Å². The number of anilines is 1. The minimum atomic E-state index is -0.140. The van der Waals surface area contributed by atoms with Crippen molar-refractivity contribution in [1.82, 2.24) is 4.90 Å². The average molecular weight is 451 g/mol. The summed E-state index contributed by atoms with van der Waals surface area (Å²) in [5, 5.41) is 2.98. The monoisotopic (exact) mass is 450 g/mol. The molecule has 0 radical (unpaired) electrons. The Hall–Kier alpha value is -4.12. The van der Waals surface area contributed by atoms with Crippen LogP contribution in [0.25, 0.3) is 11.3 Å². The summed E-state index contributed by atoms with van der Waals surface area (Å²) in [6, 6.07) is 24.9. The molecule has 0 bridgehead atoms. The van der Waals surface area contributed by atoms with E-state index in [1.165, 1.54) is 0 Å². The van der Waals surface area contributed by atoms with E-state index in [0.717, 1.165) is 33.8 Å². The first-order valence-corrected chi connectivity index (χ1v) is 11.4. The zero-order valence-electron chi connectivity index (χ0n) is 19.3. The second kappa shape index (κ2) is 9.02. The number of aryl methyl sites for hydroxylation is 2. The van der Waals surface area contributed by atoms with E-state index in [1.807, 2.05) is 97.6 Å². The first-order chi connectivity index (χ1) is 16.5. The lowest BCUT2D eigenvalue weighted by Gasteiger charge is -2.26. The van der Waals surface area contributed by atoms with Crippen molar-refractivity contribution in [2.75, 3.05) is 11.9 Å². The number of carbonyl (C=O) groups excluding carboxylic acids is 2. The van der Waals surface area contributed by atoms with Gasteiger partial charge in [-0.3, -0.25) is 9.59 Å². The maximum atomic E-state index is 13.0. The maximum Gasteiger partial charge on any atom is 0.255 e. The fourth-order valence-electron chi connectivity index (χ4n) is 4.39. The van der Waals surface area contributed by atoms with Gasteiger partial charge < -0.3 is 14.6 Å². The van der Waals surface area contributed by atoms with Gasteiger partial charge in [0.1, 0.15) is 11.5 Å². The molecule has 0 fully saturated rings. The van der Waals surface area contributed by atoms with E-state index in [9.17, 15) is 9.59 Å². The fraction of sp³-hybridized carbons (Fsp3) is 0.172. The van der Waals surface area contributed by atoms with E-state index in [0.29, 0.717) is 36.3 Å². The Morgan fingerprint density at radius 3 is 2.56 bits per heavy atom. The van der Waals surface area contributed by atoms with Gasteiger partial charge in [0.2, 0.25) is 0 Å². The maximum absolute atomic E-state index is 13.0. The number of hydrogen-bond donors (Lipinski definition) is 1. The Labute approximate surface area is 199 Å². The molecule has 5 rings (SSSR count). The lowest BCUT2D eigenvalue weighted by Crippen LogP contribution is -2.35. The van der Waals surface area contributed by atoms with Crippen LogP contribution in [0, 0.1) is 13.8 Å². The predicted octanol–water partition coefficient (Wildman–Crippen LogP) is 6.01. The van der Waals surface area contributed by atoms with Crippen LogP contribution in [0.4, 0.5) is 5.69 Å². The summed E-state index contributed by atoms with van der Waals surface area (Å²) in [6.07, 6.45) is 0.677. The number of furan rings is 1. The minimum Gasteiger partial charge on any atom is -0.461 e. The van der Waals surface area contributed by atoms with Crippen LogP contribution in [0.1, 0.15) is 43.2 Å². The zero-order valence-corrected chi connectivity index (χ0v) is 19.3. The molecule has 170 valence electrons. The highest BCUT2D eigenvalue weighted by Gasteiger charge is 2.25. The summed E-state index contributed by atoms with van der Waals surface area (Å²) in [5.74, 6) is 1.55. The summed E-state index contributed by atoms with van der Waals surface area (Å²) in [4.78, 5) is 27.6. The number of benzene rings is 3. The average Bonchev–Trinajstić information content (AvgIpc) is 3.27. The van der Waals surface area contributed by atoms with E-state index in [4.69, 9.17) is 4.42 Å². The molecule has 1 aliphatic heterocycles. The third-order valence-corrected chi connectivity index (χ3v) is 6.21. The first-order valence-electron chi connectivity index (χ1n) is 11.4. The van der Waals surface area contributed by atoms with Gasteiger partial charge in [0, 0.05) is 47.5 Å². The van der Waals surface area contributed by atoms with Crippen molar-refractivity contribution in [2.45, 2.75) is 26.8 Å². The summed E-state index contributed by atoms with van der Waals surface area (Å²) in [5.41, 5.74) is 5.98. The Balaban J connectivity index is 1.33. The Kier molecular flexibility index (Phi) is 5.76. The number of nitrogens with zero attached hydrogens (tertiary/aromatic N) is 1. The van der Waals surface area contributed by atoms with Crippen molar-refractivity contribution >= 4 is 17.5 Å². The van der Waals surface area contributed by atoms with E-state index < -0.39 is 0 Å². The fourth-order valence-corrected chi connectivity index (χ4v) is 4.39. The number of hydrogen-bond acceptors (Lipinski definition) is 3. The number of amides is 2. The Morgan fingerprint density at radius 1 is 0.912 bits per heavy atom. The highest BCUT2D eigenvalue weighted by Crippen LogP contribution is 2.31. The van der Waals surface area contributed by atoms with Crippen LogP contribution < -0.4 is 5.32 Å². The highest BCUT2D eigenvalue weighted by molar-refractivity contribution is 6.05. The third kappa shape index (κ3) is 4.37. The Bertz CT molecular complexity index is 1390. The molecule has 0 unspecified atom stereocenters. The van der Waals surface area contributed by atoms with Gasteiger partial charge in [0.25, 0.3) is 11.8 Å². The van der Waals surface area contributed by atoms with Crippen LogP contribution in [-0.2, 0) is 13.0 Å². The van der Waals surface area contributed by atoms with E-state index >= 15 is 0 Å². The van der Waals surface area contributed by atoms with Crippen LogP contribution in [0.5, 0.6) is 0 Å². The molecule has 0 saturated heterocycles. The van der Waals surface area contributed by atoms with Crippen LogP contribution in [0.15, 0.2) is 83.3 Å². The van der Waals surface area contributed by atoms with Crippen LogP contribution >= 0.6 is 0 Å². The van der Waals surface area contributed by atoms with E-state index in [1.54, 1.807) is 0 Å². The van der Waals surface area contributed by atoms with Crippen LogP contribution in [0.3, 0.4) is 0 Å². The van der Waals surface area contributed by atoms with Crippen molar-refractivity contribution < 1.29 is 14.0 Å². The topological polar surface area (TPSA) is 62.6 Å². The molecule has 5 nitrogen and oxygen atoms in total. The quantitative estimate of drug-likeness (QED) is 0.414. The largest absolute Gasteiger partial charge is 0.461 e. The van der Waals surface area contributed by atoms with Gasteiger partial charge in [-0.15, -0.1) is 0 Å². The molecule has 0 saturated carbocycles. The lowest BCUT2D eigenvalue weighted by molar-refractivity contribution is 0.0729. The van der Waals surface area contributed by atoms with Gasteiger partial charge in [-0.2, -0.15) is 0 Å². The van der Waals surface area contributed by atoms with Gasteiger partial charge in [-0.1, -0.05) is 48.0 Å². The summed E-state index contributed by atoms with van der Waals surface area (Å²) in [7, 11) is 0. The van der Waals surface area contributed by atoms with Crippen LogP contribution in [0.2, 0.25) is 0 Å². The van der Waals surface area contributed by atoms with Crippen molar-refractivity contribution in [3.63, 3.8) is 0 Å². The van der Waals surface area contributed by atoms with Gasteiger partial charge >= 0.3 is 0 Å². The molecule has 1 aromatic heterocycles. The molecule has 4 aromatic rings.